The van der Waals surface area contributed by atoms with Gasteiger partial charge < -0.3 is 20.9 Å². The van der Waals surface area contributed by atoms with Crippen molar-refractivity contribution in [1.82, 2.24) is 0 Å². The third-order valence-electron chi connectivity index (χ3n) is 9.26. The maximum Gasteiger partial charge on any atom is 0.404 e. The Morgan fingerprint density at radius 3 is 1.38 bits per heavy atom. The molecule has 0 aromatic rings. The molecule has 4 bridgehead atoms. The average molecular weight is 473 g/mol. The zero-order valence-electron chi connectivity index (χ0n) is 20.9. The van der Waals surface area contributed by atoms with Crippen molar-refractivity contribution >= 4 is 18.0 Å². The lowest BCUT2D eigenvalue weighted by Crippen LogP contribution is -2.54. The second-order valence-corrected chi connectivity index (χ2v) is 11.9. The van der Waals surface area contributed by atoms with E-state index >= 15 is 0 Å². The predicted molar refractivity (Wildman–Crippen MR) is 128 cm³/mol. The van der Waals surface area contributed by atoms with Crippen molar-refractivity contribution in [2.45, 2.75) is 53.4 Å². The molecule has 7 heteroatoms. The zero-order chi connectivity index (χ0) is 24.8. The Hall–Kier alpha value is -2.31. The van der Waals surface area contributed by atoms with Crippen LogP contribution in [-0.2, 0) is 14.3 Å². The van der Waals surface area contributed by atoms with Crippen LogP contribution in [0.1, 0.15) is 53.4 Å². The molecule has 34 heavy (non-hydrogen) atoms. The van der Waals surface area contributed by atoms with Gasteiger partial charge in [-0.1, -0.05) is 52.0 Å². The number of allylic oxidation sites excluding steroid dienone is 4. The number of primary amides is 2. The molecule has 188 valence electrons. The van der Waals surface area contributed by atoms with Crippen LogP contribution in [-0.4, -0.2) is 31.2 Å². The molecule has 4 rings (SSSR count). The van der Waals surface area contributed by atoms with Crippen LogP contribution in [0, 0.1) is 58.2 Å². The molecule has 2 amide bonds. The first kappa shape index (κ1) is 24.8. The van der Waals surface area contributed by atoms with Gasteiger partial charge in [0.1, 0.15) is 19.0 Å². The van der Waals surface area contributed by atoms with Crippen LogP contribution in [0.3, 0.4) is 0 Å². The topological polar surface area (TPSA) is 122 Å². The fourth-order valence-corrected chi connectivity index (χ4v) is 8.37. The Kier molecular flexibility index (Phi) is 6.60. The van der Waals surface area contributed by atoms with Gasteiger partial charge in [-0.25, -0.2) is 9.59 Å². The normalized spacial score (nSPS) is 36.9. The molecule has 0 radical (unpaired) electrons. The number of amides is 2. The summed E-state index contributed by atoms with van der Waals surface area (Å²) in [4.78, 5) is 38.0. The molecule has 0 saturated heterocycles. The smallest absolute Gasteiger partial charge is 0.404 e. The minimum atomic E-state index is -0.800. The van der Waals surface area contributed by atoms with Gasteiger partial charge in [0.05, 0.1) is 0 Å². The number of rotatable bonds is 10. The summed E-state index contributed by atoms with van der Waals surface area (Å²) in [5.74, 6) is 0.865. The van der Waals surface area contributed by atoms with Crippen LogP contribution in [0.2, 0.25) is 0 Å². The van der Waals surface area contributed by atoms with Gasteiger partial charge >= 0.3 is 12.2 Å². The first-order chi connectivity index (χ1) is 16.0. The Morgan fingerprint density at radius 1 is 0.765 bits per heavy atom. The highest BCUT2D eigenvalue weighted by molar-refractivity contribution is 5.86. The van der Waals surface area contributed by atoms with Gasteiger partial charge in [-0.15, -0.1) is 0 Å². The van der Waals surface area contributed by atoms with E-state index < -0.39 is 23.0 Å². The number of carbonyl (C=O) groups excluding carboxylic acids is 3. The quantitative estimate of drug-likeness (QED) is 0.455. The number of nitrogens with two attached hydrogens (primary N) is 2. The largest absolute Gasteiger partial charge is 0.449 e. The van der Waals surface area contributed by atoms with Crippen LogP contribution >= 0.6 is 0 Å². The number of ether oxygens (including phenoxy) is 2. The Morgan fingerprint density at radius 2 is 1.15 bits per heavy atom. The van der Waals surface area contributed by atoms with E-state index in [0.29, 0.717) is 11.8 Å². The van der Waals surface area contributed by atoms with Crippen LogP contribution < -0.4 is 11.5 Å². The van der Waals surface area contributed by atoms with E-state index in [1.165, 1.54) is 0 Å². The minimum absolute atomic E-state index is 0.0567. The van der Waals surface area contributed by atoms with Gasteiger partial charge in [0.25, 0.3) is 0 Å². The highest BCUT2D eigenvalue weighted by Gasteiger charge is 2.62. The molecule has 4 aliphatic rings. The van der Waals surface area contributed by atoms with Crippen LogP contribution in [0.4, 0.5) is 9.59 Å². The van der Waals surface area contributed by atoms with E-state index in [-0.39, 0.29) is 54.5 Å². The maximum atomic E-state index is 14.8. The Bertz CT molecular complexity index is 825. The highest BCUT2D eigenvalue weighted by Crippen LogP contribution is 2.62. The third kappa shape index (κ3) is 4.05. The number of hydrogen-bond acceptors (Lipinski definition) is 5. The predicted octanol–water partition coefficient (Wildman–Crippen LogP) is 4.46. The van der Waals surface area contributed by atoms with Gasteiger partial charge in [-0.05, 0) is 61.2 Å². The molecule has 4 aliphatic carbocycles. The molecule has 0 heterocycles. The lowest BCUT2D eigenvalue weighted by molar-refractivity contribution is -0.147. The summed E-state index contributed by atoms with van der Waals surface area (Å²) in [6.45, 7) is 8.68. The van der Waals surface area contributed by atoms with E-state index in [0.717, 1.165) is 25.7 Å². The van der Waals surface area contributed by atoms with Gasteiger partial charge in [-0.3, -0.25) is 4.79 Å². The fourth-order valence-electron chi connectivity index (χ4n) is 8.37. The lowest BCUT2D eigenvalue weighted by atomic mass is 9.54. The van der Waals surface area contributed by atoms with Gasteiger partial charge in [-0.2, -0.15) is 0 Å². The second-order valence-electron chi connectivity index (χ2n) is 11.9. The molecule has 2 fully saturated rings. The first-order valence-corrected chi connectivity index (χ1v) is 12.7. The molecular weight excluding hydrogens is 432 g/mol. The zero-order valence-corrected chi connectivity index (χ0v) is 20.9. The van der Waals surface area contributed by atoms with Crippen molar-refractivity contribution < 1.29 is 23.9 Å². The molecule has 2 saturated carbocycles. The van der Waals surface area contributed by atoms with Crippen molar-refractivity contribution in [3.8, 4) is 0 Å². The molecule has 0 spiro atoms. The monoisotopic (exact) mass is 472 g/mol. The molecule has 4 N–H and O–H groups in total. The lowest BCUT2D eigenvalue weighted by Gasteiger charge is -2.49. The van der Waals surface area contributed by atoms with Crippen LogP contribution in [0.25, 0.3) is 0 Å². The maximum absolute atomic E-state index is 14.8. The van der Waals surface area contributed by atoms with Gasteiger partial charge in [0.15, 0.2) is 0 Å². The van der Waals surface area contributed by atoms with Crippen molar-refractivity contribution in [1.29, 1.82) is 0 Å². The van der Waals surface area contributed by atoms with E-state index in [2.05, 4.69) is 52.0 Å². The van der Waals surface area contributed by atoms with E-state index in [4.69, 9.17) is 20.9 Å². The number of fused-ring (bicyclic) bond motifs is 4. The summed E-state index contributed by atoms with van der Waals surface area (Å²) in [7, 11) is 0. The summed E-state index contributed by atoms with van der Waals surface area (Å²) in [5, 5.41) is 0. The fraction of sp³-hybridized carbons (Fsp3) is 0.741. The first-order valence-electron chi connectivity index (χ1n) is 12.7. The highest BCUT2D eigenvalue weighted by atomic mass is 16.5. The summed E-state index contributed by atoms with van der Waals surface area (Å²) in [5.41, 5.74) is 9.84. The van der Waals surface area contributed by atoms with Gasteiger partial charge in [0, 0.05) is 22.7 Å². The molecule has 8 atom stereocenters. The summed E-state index contributed by atoms with van der Waals surface area (Å²) in [6.07, 6.45) is 10.9. The molecule has 7 nitrogen and oxygen atoms in total. The van der Waals surface area contributed by atoms with E-state index in [1.54, 1.807) is 0 Å². The summed E-state index contributed by atoms with van der Waals surface area (Å²) >= 11 is 0. The third-order valence-corrected chi connectivity index (χ3v) is 9.26. The van der Waals surface area contributed by atoms with Gasteiger partial charge in [0.2, 0.25) is 0 Å². The Labute approximate surface area is 202 Å². The number of hydrogen-bond donors (Lipinski definition) is 2. The number of carbonyl (C=O) groups is 3. The van der Waals surface area contributed by atoms with Crippen molar-refractivity contribution in [3.05, 3.63) is 24.3 Å². The second kappa shape index (κ2) is 9.04. The molecular formula is C27H40N2O5. The van der Waals surface area contributed by atoms with Crippen molar-refractivity contribution in [3.63, 3.8) is 0 Å². The molecule has 8 unspecified atom stereocenters. The summed E-state index contributed by atoms with van der Waals surface area (Å²) < 4.78 is 10.9. The van der Waals surface area contributed by atoms with Crippen LogP contribution in [0.5, 0.6) is 0 Å². The SMILES string of the molecule is CC(C)C(C(=O)C(C(C)C)C1(COC(N)=O)CC2C=CC1C2)C1(COC(N)=O)CC2C=CC1C2. The van der Waals surface area contributed by atoms with E-state index in [1.807, 2.05) is 0 Å². The summed E-state index contributed by atoms with van der Waals surface area (Å²) in [6, 6.07) is 0. The van der Waals surface area contributed by atoms with Crippen molar-refractivity contribution in [2.24, 2.45) is 69.6 Å². The molecule has 0 aliphatic heterocycles. The van der Waals surface area contributed by atoms with Crippen molar-refractivity contribution in [2.75, 3.05) is 13.2 Å². The molecule has 0 aromatic heterocycles. The standard InChI is InChI=1S/C27H40N2O5/c1-15(2)21(26(13-33-24(28)31)11-17-5-7-19(26)9-17)23(30)22(16(3)4)27(14-34-25(29)32)12-18-6-8-20(27)10-18/h5-8,15-22H,9-14H2,1-4H3,(H2,28,31)(H2,29,32). The minimum Gasteiger partial charge on any atom is -0.449 e. The number of Topliss-reactive ketones (excluding diaryl/α,β-unsaturated/α-hetero) is 1. The average Bonchev–Trinajstić information content (AvgIpc) is 3.51. The van der Waals surface area contributed by atoms with Crippen LogP contribution in [0.15, 0.2) is 24.3 Å². The van der Waals surface area contributed by atoms with E-state index in [9.17, 15) is 14.4 Å². The Balaban J connectivity index is 1.75. The molecule has 0 aromatic carbocycles. The number of ketones is 1.